The third-order valence-corrected chi connectivity index (χ3v) is 5.26. The molecular formula is C11H20ClN3O2S. The summed E-state index contributed by atoms with van der Waals surface area (Å²) >= 11 is 5.73. The van der Waals surface area contributed by atoms with E-state index in [-0.39, 0.29) is 16.8 Å². The van der Waals surface area contributed by atoms with E-state index in [4.69, 9.17) is 11.6 Å². The molecule has 5 nitrogen and oxygen atoms in total. The zero-order chi connectivity index (χ0) is 13.8. The lowest BCUT2D eigenvalue weighted by Gasteiger charge is -2.28. The fraction of sp³-hybridized carbons (Fsp3) is 0.727. The van der Waals surface area contributed by atoms with Crippen LogP contribution in [0.2, 0.25) is 0 Å². The second-order valence-corrected chi connectivity index (χ2v) is 6.37. The highest BCUT2D eigenvalue weighted by Gasteiger charge is 2.31. The lowest BCUT2D eigenvalue weighted by molar-refractivity contribution is 0.316. The number of hydrogen-bond acceptors (Lipinski definition) is 3. The summed E-state index contributed by atoms with van der Waals surface area (Å²) in [6.45, 7) is 5.98. The van der Waals surface area contributed by atoms with Gasteiger partial charge in [-0.25, -0.2) is 8.42 Å². The number of rotatable bonds is 7. The largest absolute Gasteiger partial charge is 0.281 e. The van der Waals surface area contributed by atoms with E-state index < -0.39 is 10.0 Å². The lowest BCUT2D eigenvalue weighted by atomic mass is 10.2. The van der Waals surface area contributed by atoms with Crippen LogP contribution in [0, 0.1) is 6.92 Å². The van der Waals surface area contributed by atoms with Crippen LogP contribution < -0.4 is 0 Å². The summed E-state index contributed by atoms with van der Waals surface area (Å²) in [6.07, 6.45) is 2.89. The predicted octanol–water partition coefficient (Wildman–Crippen LogP) is 2.14. The summed E-state index contributed by atoms with van der Waals surface area (Å²) < 4.78 is 26.6. The van der Waals surface area contributed by atoms with Crippen molar-refractivity contribution < 1.29 is 8.42 Å². The maximum Gasteiger partial charge on any atom is 0.246 e. The lowest BCUT2D eigenvalue weighted by Crippen LogP contribution is -2.41. The molecule has 0 unspecified atom stereocenters. The Kier molecular flexibility index (Phi) is 5.62. The highest BCUT2D eigenvalue weighted by molar-refractivity contribution is 7.89. The van der Waals surface area contributed by atoms with Gasteiger partial charge in [-0.05, 0) is 19.8 Å². The van der Waals surface area contributed by atoms with E-state index >= 15 is 0 Å². The fourth-order valence-corrected chi connectivity index (χ4v) is 4.18. The molecule has 7 heteroatoms. The van der Waals surface area contributed by atoms with Crippen LogP contribution in [0.4, 0.5) is 0 Å². The minimum absolute atomic E-state index is 0.0250. The molecule has 0 fully saturated rings. The number of aromatic nitrogens is 2. The number of aromatic amines is 1. The third kappa shape index (κ3) is 3.05. The van der Waals surface area contributed by atoms with Crippen LogP contribution in [0.1, 0.15) is 32.4 Å². The zero-order valence-corrected chi connectivity index (χ0v) is 12.6. The number of aryl methyl sites for hydroxylation is 1. The molecule has 0 amide bonds. The van der Waals surface area contributed by atoms with E-state index in [1.165, 1.54) is 10.5 Å². The Morgan fingerprint density at radius 2 is 2.06 bits per heavy atom. The summed E-state index contributed by atoms with van der Waals surface area (Å²) in [7, 11) is -3.52. The average Bonchev–Trinajstić information content (AvgIpc) is 2.76. The van der Waals surface area contributed by atoms with Crippen molar-refractivity contribution in [3.8, 4) is 0 Å². The Labute approximate surface area is 114 Å². The zero-order valence-electron chi connectivity index (χ0n) is 11.0. The van der Waals surface area contributed by atoms with Gasteiger partial charge >= 0.3 is 0 Å². The summed E-state index contributed by atoms with van der Waals surface area (Å²) in [5, 5.41) is 6.44. The first-order valence-corrected chi connectivity index (χ1v) is 8.04. The maximum absolute atomic E-state index is 12.6. The average molecular weight is 294 g/mol. The van der Waals surface area contributed by atoms with Crippen LogP contribution in [-0.2, 0) is 10.0 Å². The Morgan fingerprint density at radius 1 is 1.44 bits per heavy atom. The number of hydrogen-bond donors (Lipinski definition) is 1. The van der Waals surface area contributed by atoms with E-state index in [1.54, 1.807) is 6.92 Å². The number of halogens is 1. The normalized spacial score (nSPS) is 12.6. The van der Waals surface area contributed by atoms with Gasteiger partial charge in [0.05, 0.1) is 11.9 Å². The highest BCUT2D eigenvalue weighted by Crippen LogP contribution is 2.22. The van der Waals surface area contributed by atoms with Crippen molar-refractivity contribution >= 4 is 21.6 Å². The van der Waals surface area contributed by atoms with E-state index in [1.807, 2.05) is 13.8 Å². The standard InChI is InChI=1S/C11H20ClN3O2S/c1-4-10(5-2)15(7-6-12)18(16,17)11-8-13-14-9(11)3/h8,10H,4-7H2,1-3H3,(H,13,14). The number of nitrogens with zero attached hydrogens (tertiary/aromatic N) is 2. The van der Waals surface area contributed by atoms with Gasteiger partial charge in [0.25, 0.3) is 0 Å². The molecule has 1 heterocycles. The van der Waals surface area contributed by atoms with Crippen molar-refractivity contribution in [3.63, 3.8) is 0 Å². The topological polar surface area (TPSA) is 66.1 Å². The number of alkyl halides is 1. The van der Waals surface area contributed by atoms with Crippen LogP contribution in [0.5, 0.6) is 0 Å². The molecule has 0 aliphatic carbocycles. The van der Waals surface area contributed by atoms with Crippen LogP contribution in [0.15, 0.2) is 11.1 Å². The van der Waals surface area contributed by atoms with Gasteiger partial charge in [0, 0.05) is 18.5 Å². The SMILES string of the molecule is CCC(CC)N(CCCl)S(=O)(=O)c1cn[nH]c1C. The van der Waals surface area contributed by atoms with Crippen molar-refractivity contribution in [1.82, 2.24) is 14.5 Å². The van der Waals surface area contributed by atoms with Gasteiger partial charge in [-0.15, -0.1) is 11.6 Å². The molecule has 0 radical (unpaired) electrons. The molecule has 0 saturated carbocycles. The van der Waals surface area contributed by atoms with Crippen LogP contribution in [-0.4, -0.2) is 41.4 Å². The number of sulfonamides is 1. The first-order chi connectivity index (χ1) is 8.48. The van der Waals surface area contributed by atoms with Gasteiger partial charge in [-0.3, -0.25) is 5.10 Å². The van der Waals surface area contributed by atoms with Gasteiger partial charge in [0.1, 0.15) is 4.90 Å². The summed E-state index contributed by atoms with van der Waals surface area (Å²) in [5.41, 5.74) is 0.556. The van der Waals surface area contributed by atoms with E-state index in [9.17, 15) is 8.42 Å². The monoisotopic (exact) mass is 293 g/mol. The smallest absolute Gasteiger partial charge is 0.246 e. The third-order valence-electron chi connectivity index (χ3n) is 3.02. The van der Waals surface area contributed by atoms with Gasteiger partial charge in [-0.2, -0.15) is 9.40 Å². The molecule has 18 heavy (non-hydrogen) atoms. The summed E-state index contributed by atoms with van der Waals surface area (Å²) in [4.78, 5) is 0.236. The first kappa shape index (κ1) is 15.5. The summed E-state index contributed by atoms with van der Waals surface area (Å²) in [5.74, 6) is 0.284. The molecular weight excluding hydrogens is 274 g/mol. The van der Waals surface area contributed by atoms with Crippen LogP contribution in [0.3, 0.4) is 0 Å². The Morgan fingerprint density at radius 3 is 2.44 bits per heavy atom. The molecule has 0 saturated heterocycles. The minimum atomic E-state index is -3.52. The van der Waals surface area contributed by atoms with Crippen molar-refractivity contribution in [2.75, 3.05) is 12.4 Å². The molecule has 0 spiro atoms. The predicted molar refractivity (Wildman–Crippen MR) is 72.3 cm³/mol. The highest BCUT2D eigenvalue weighted by atomic mass is 35.5. The molecule has 1 N–H and O–H groups in total. The van der Waals surface area contributed by atoms with Crippen LogP contribution >= 0.6 is 11.6 Å². The first-order valence-electron chi connectivity index (χ1n) is 6.06. The Balaban J connectivity index is 3.16. The van der Waals surface area contributed by atoms with E-state index in [0.29, 0.717) is 12.2 Å². The van der Waals surface area contributed by atoms with Crippen molar-refractivity contribution in [2.45, 2.75) is 44.6 Å². The molecule has 0 aromatic carbocycles. The maximum atomic E-state index is 12.6. The van der Waals surface area contributed by atoms with Gasteiger partial charge < -0.3 is 0 Å². The minimum Gasteiger partial charge on any atom is -0.281 e. The molecule has 1 rings (SSSR count). The van der Waals surface area contributed by atoms with E-state index in [2.05, 4.69) is 10.2 Å². The second-order valence-electron chi connectivity index (χ2n) is 4.13. The van der Waals surface area contributed by atoms with Gasteiger partial charge in [-0.1, -0.05) is 13.8 Å². The second kappa shape index (κ2) is 6.54. The number of H-pyrrole nitrogens is 1. The molecule has 1 aromatic heterocycles. The molecule has 1 aromatic rings. The molecule has 0 aliphatic heterocycles. The van der Waals surface area contributed by atoms with E-state index in [0.717, 1.165) is 12.8 Å². The summed E-state index contributed by atoms with van der Waals surface area (Å²) in [6, 6.07) is -0.0250. The Hall–Kier alpha value is -0.590. The Bertz CT molecular complexity index is 468. The molecule has 0 atom stereocenters. The molecule has 104 valence electrons. The molecule has 0 aliphatic rings. The van der Waals surface area contributed by atoms with Crippen LogP contribution in [0.25, 0.3) is 0 Å². The van der Waals surface area contributed by atoms with Gasteiger partial charge in [0.15, 0.2) is 0 Å². The van der Waals surface area contributed by atoms with Crippen molar-refractivity contribution in [3.05, 3.63) is 11.9 Å². The van der Waals surface area contributed by atoms with Crippen molar-refractivity contribution in [1.29, 1.82) is 0 Å². The fourth-order valence-electron chi connectivity index (χ4n) is 2.00. The number of nitrogens with one attached hydrogen (secondary N) is 1. The quantitative estimate of drug-likeness (QED) is 0.783. The molecule has 0 bridgehead atoms. The van der Waals surface area contributed by atoms with Gasteiger partial charge in [0.2, 0.25) is 10.0 Å². The van der Waals surface area contributed by atoms with Crippen molar-refractivity contribution in [2.24, 2.45) is 0 Å².